The zero-order chi connectivity index (χ0) is 22.5. The lowest BCUT2D eigenvalue weighted by atomic mass is 10.1. The highest BCUT2D eigenvalue weighted by atomic mass is 35.5. The molecule has 1 heterocycles. The number of likely N-dealkylation sites (N-methyl/N-ethyl adjacent to an activating group) is 1. The number of nitro groups is 1. The highest BCUT2D eigenvalue weighted by molar-refractivity contribution is 6.33. The van der Waals surface area contributed by atoms with E-state index in [9.17, 15) is 19.7 Å². The van der Waals surface area contributed by atoms with E-state index in [0.717, 1.165) is 17.8 Å². The summed E-state index contributed by atoms with van der Waals surface area (Å²) in [4.78, 5) is 37.3. The van der Waals surface area contributed by atoms with Gasteiger partial charge in [-0.3, -0.25) is 24.6 Å². The number of hydrogen-bond acceptors (Lipinski definition) is 7. The number of non-ortho nitro benzene ring substituents is 1. The number of carbonyl (C=O) groups is 2. The molecule has 2 aromatic rings. The molecular weight excluding hydrogens is 422 g/mol. The highest BCUT2D eigenvalue weighted by Crippen LogP contribution is 2.32. The van der Waals surface area contributed by atoms with Gasteiger partial charge in [-0.15, -0.1) is 5.11 Å². The van der Waals surface area contributed by atoms with Crippen molar-refractivity contribution in [2.24, 2.45) is 10.2 Å². The van der Waals surface area contributed by atoms with Gasteiger partial charge in [0.25, 0.3) is 5.69 Å². The summed E-state index contributed by atoms with van der Waals surface area (Å²) in [5, 5.41) is 19.3. The van der Waals surface area contributed by atoms with Gasteiger partial charge in [0.1, 0.15) is 5.69 Å². The van der Waals surface area contributed by atoms with E-state index < -0.39 is 4.92 Å². The average molecular weight is 444 g/mol. The van der Waals surface area contributed by atoms with Gasteiger partial charge in [-0.2, -0.15) is 5.11 Å². The predicted molar refractivity (Wildman–Crippen MR) is 117 cm³/mol. The van der Waals surface area contributed by atoms with Gasteiger partial charge in [-0.1, -0.05) is 11.6 Å². The minimum absolute atomic E-state index is 0.110. The minimum Gasteiger partial charge on any atom is -0.370 e. The molecule has 9 nitrogen and oxygen atoms in total. The molecule has 2 aromatic carbocycles. The Morgan fingerprint density at radius 1 is 1.10 bits per heavy atom. The number of nitro benzene ring substituents is 1. The third kappa shape index (κ3) is 5.24. The number of anilines is 1. The molecule has 0 aromatic heterocycles. The van der Waals surface area contributed by atoms with E-state index >= 15 is 0 Å². The first kappa shape index (κ1) is 22.4. The van der Waals surface area contributed by atoms with E-state index in [1.807, 2.05) is 32.0 Å². The Labute approximate surface area is 184 Å². The predicted octanol–water partition coefficient (Wildman–Crippen LogP) is 4.95. The molecule has 0 atom stereocenters. The number of azo groups is 1. The van der Waals surface area contributed by atoms with Crippen LogP contribution in [0, 0.1) is 17.0 Å². The maximum absolute atomic E-state index is 11.8. The molecule has 1 aliphatic heterocycles. The van der Waals surface area contributed by atoms with Crippen molar-refractivity contribution in [3.8, 4) is 0 Å². The second-order valence-electron chi connectivity index (χ2n) is 7.08. The average Bonchev–Trinajstić information content (AvgIpc) is 3.06. The van der Waals surface area contributed by atoms with Crippen LogP contribution < -0.4 is 4.90 Å². The Bertz CT molecular complexity index is 1040. The molecule has 0 bridgehead atoms. The van der Waals surface area contributed by atoms with Crippen molar-refractivity contribution in [3.63, 3.8) is 0 Å². The number of halogens is 1. The van der Waals surface area contributed by atoms with Crippen molar-refractivity contribution >= 4 is 46.2 Å². The maximum atomic E-state index is 11.8. The molecule has 10 heteroatoms. The summed E-state index contributed by atoms with van der Waals surface area (Å²) >= 11 is 6.06. The van der Waals surface area contributed by atoms with Gasteiger partial charge in [0, 0.05) is 50.3 Å². The zero-order valence-corrected chi connectivity index (χ0v) is 18.0. The standard InChI is InChI=1S/C21H22ClN5O4/c1-3-25(10-11-26-20(28)8-9-21(26)29)15-4-6-18(14(2)12-15)23-24-19-7-5-16(27(30)31)13-17(19)22/h4-7,12-13H,3,8-11H2,1-2H3. The van der Waals surface area contributed by atoms with Crippen LogP contribution in [0.1, 0.15) is 25.3 Å². The van der Waals surface area contributed by atoms with Crippen LogP contribution in [0.5, 0.6) is 0 Å². The first-order valence-corrected chi connectivity index (χ1v) is 10.2. The fourth-order valence-corrected chi connectivity index (χ4v) is 3.52. The molecule has 3 rings (SSSR count). The van der Waals surface area contributed by atoms with E-state index in [0.29, 0.717) is 37.3 Å². The summed E-state index contributed by atoms with van der Waals surface area (Å²) in [5.74, 6) is -0.226. The Morgan fingerprint density at radius 2 is 1.74 bits per heavy atom. The minimum atomic E-state index is -0.523. The fraction of sp³-hybridized carbons (Fsp3) is 0.333. The zero-order valence-electron chi connectivity index (χ0n) is 17.2. The molecule has 1 fully saturated rings. The monoisotopic (exact) mass is 443 g/mol. The van der Waals surface area contributed by atoms with Crippen molar-refractivity contribution in [2.75, 3.05) is 24.5 Å². The number of imide groups is 1. The molecule has 1 aliphatic rings. The number of amides is 2. The van der Waals surface area contributed by atoms with E-state index in [-0.39, 0.29) is 22.5 Å². The third-order valence-electron chi connectivity index (χ3n) is 5.08. The van der Waals surface area contributed by atoms with Gasteiger partial charge >= 0.3 is 0 Å². The molecule has 2 amide bonds. The van der Waals surface area contributed by atoms with Crippen molar-refractivity contribution in [1.82, 2.24) is 4.90 Å². The summed E-state index contributed by atoms with van der Waals surface area (Å²) in [6.07, 6.45) is 0.588. The molecule has 0 aliphatic carbocycles. The van der Waals surface area contributed by atoms with Gasteiger partial charge in [-0.05, 0) is 43.7 Å². The van der Waals surface area contributed by atoms with Gasteiger partial charge in [-0.25, -0.2) is 0 Å². The lowest BCUT2D eigenvalue weighted by molar-refractivity contribution is -0.384. The number of nitrogens with zero attached hydrogens (tertiary/aromatic N) is 5. The van der Waals surface area contributed by atoms with Gasteiger partial charge in [0.2, 0.25) is 11.8 Å². The van der Waals surface area contributed by atoms with Crippen LogP contribution in [-0.2, 0) is 9.59 Å². The number of aryl methyl sites for hydroxylation is 1. The van der Waals surface area contributed by atoms with Crippen LogP contribution in [0.25, 0.3) is 0 Å². The number of benzene rings is 2. The van der Waals surface area contributed by atoms with Crippen LogP contribution in [0.4, 0.5) is 22.7 Å². The van der Waals surface area contributed by atoms with Gasteiger partial charge < -0.3 is 4.90 Å². The van der Waals surface area contributed by atoms with E-state index in [1.165, 1.54) is 23.1 Å². The second kappa shape index (κ2) is 9.65. The first-order chi connectivity index (χ1) is 14.8. The molecular formula is C21H22ClN5O4. The lowest BCUT2D eigenvalue weighted by Gasteiger charge is -2.26. The summed E-state index contributed by atoms with van der Waals surface area (Å²) in [6.45, 7) is 5.54. The smallest absolute Gasteiger partial charge is 0.271 e. The van der Waals surface area contributed by atoms with E-state index in [1.54, 1.807) is 0 Å². The number of hydrogen-bond donors (Lipinski definition) is 0. The normalized spacial score (nSPS) is 14.0. The largest absolute Gasteiger partial charge is 0.370 e. The molecule has 162 valence electrons. The Morgan fingerprint density at radius 3 is 2.32 bits per heavy atom. The topological polar surface area (TPSA) is 108 Å². The van der Waals surface area contributed by atoms with Crippen LogP contribution in [-0.4, -0.2) is 41.3 Å². The molecule has 0 N–H and O–H groups in total. The summed E-state index contributed by atoms with van der Waals surface area (Å²) in [6, 6.07) is 9.70. The fourth-order valence-electron chi connectivity index (χ4n) is 3.31. The quantitative estimate of drug-likeness (QED) is 0.248. The number of rotatable bonds is 8. The van der Waals surface area contributed by atoms with Gasteiger partial charge in [0.05, 0.1) is 15.6 Å². The van der Waals surface area contributed by atoms with Crippen molar-refractivity contribution in [2.45, 2.75) is 26.7 Å². The summed E-state index contributed by atoms with van der Waals surface area (Å²) in [7, 11) is 0. The SMILES string of the molecule is CCN(CCN1C(=O)CCC1=O)c1ccc(N=Nc2ccc([N+](=O)[O-])cc2Cl)c(C)c1. The molecule has 0 spiro atoms. The number of carbonyl (C=O) groups excluding carboxylic acids is 2. The van der Waals surface area contributed by atoms with Crippen molar-refractivity contribution in [1.29, 1.82) is 0 Å². The van der Waals surface area contributed by atoms with Crippen LogP contribution in [0.2, 0.25) is 5.02 Å². The Hall–Kier alpha value is -3.33. The molecule has 31 heavy (non-hydrogen) atoms. The molecule has 0 radical (unpaired) electrons. The Balaban J connectivity index is 1.71. The van der Waals surface area contributed by atoms with Crippen LogP contribution in [0.15, 0.2) is 46.6 Å². The Kier molecular flexibility index (Phi) is 6.96. The van der Waals surface area contributed by atoms with Crippen LogP contribution >= 0.6 is 11.6 Å². The maximum Gasteiger partial charge on any atom is 0.271 e. The summed E-state index contributed by atoms with van der Waals surface area (Å²) < 4.78 is 0. The number of likely N-dealkylation sites (tertiary alicyclic amines) is 1. The highest BCUT2D eigenvalue weighted by Gasteiger charge is 2.28. The molecule has 0 unspecified atom stereocenters. The van der Waals surface area contributed by atoms with E-state index in [4.69, 9.17) is 11.6 Å². The summed E-state index contributed by atoms with van der Waals surface area (Å²) in [5.41, 5.74) is 2.70. The lowest BCUT2D eigenvalue weighted by Crippen LogP contribution is -2.38. The molecule has 1 saturated heterocycles. The van der Waals surface area contributed by atoms with Gasteiger partial charge in [0.15, 0.2) is 0 Å². The second-order valence-corrected chi connectivity index (χ2v) is 7.49. The molecule has 0 saturated carbocycles. The van der Waals surface area contributed by atoms with Crippen molar-refractivity contribution < 1.29 is 14.5 Å². The van der Waals surface area contributed by atoms with Crippen LogP contribution in [0.3, 0.4) is 0 Å². The van der Waals surface area contributed by atoms with Crippen molar-refractivity contribution in [3.05, 3.63) is 57.1 Å². The third-order valence-corrected chi connectivity index (χ3v) is 5.39. The van der Waals surface area contributed by atoms with E-state index in [2.05, 4.69) is 15.1 Å². The first-order valence-electron chi connectivity index (χ1n) is 9.84.